The third-order valence-corrected chi connectivity index (χ3v) is 4.91. The maximum Gasteiger partial charge on any atom is 0.253 e. The molecule has 0 saturated carbocycles. The van der Waals surface area contributed by atoms with Crippen molar-refractivity contribution in [3.05, 3.63) is 40.9 Å². The number of carbonyl (C=O) groups is 1. The molecule has 4 N–H and O–H groups in total. The highest BCUT2D eigenvalue weighted by Gasteiger charge is 2.24. The van der Waals surface area contributed by atoms with Crippen LogP contribution < -0.4 is 11.5 Å². The number of aromatic nitrogens is 4. The van der Waals surface area contributed by atoms with Crippen LogP contribution in [0.25, 0.3) is 26.8 Å². The summed E-state index contributed by atoms with van der Waals surface area (Å²) in [5, 5.41) is 1.89. The Morgan fingerprint density at radius 1 is 1.33 bits per heavy atom. The topological polar surface area (TPSA) is 113 Å². The van der Waals surface area contributed by atoms with Gasteiger partial charge >= 0.3 is 0 Å². The predicted molar refractivity (Wildman–Crippen MR) is 94.7 cm³/mol. The van der Waals surface area contributed by atoms with E-state index in [9.17, 15) is 4.79 Å². The van der Waals surface area contributed by atoms with Crippen molar-refractivity contribution in [3.8, 4) is 5.69 Å². The van der Waals surface area contributed by atoms with Gasteiger partial charge in [-0.2, -0.15) is 4.37 Å². The molecular weight excluding hydrogens is 348 g/mol. The number of carbonyl (C=O) groups excluding carboxylic acids is 1. The summed E-state index contributed by atoms with van der Waals surface area (Å²) in [6.07, 6.45) is 3.29. The lowest BCUT2D eigenvalue weighted by Crippen LogP contribution is -2.13. The summed E-state index contributed by atoms with van der Waals surface area (Å²) in [4.78, 5) is 20.5. The Balaban J connectivity index is 2.23. The molecule has 0 radical (unpaired) electrons. The minimum absolute atomic E-state index is 0.181. The summed E-state index contributed by atoms with van der Waals surface area (Å²) in [5.41, 5.74) is 13.1. The number of nitrogens with two attached hydrogens (primary N) is 2. The molecule has 0 spiro atoms. The number of hydrogen-bond donors (Lipinski definition) is 2. The molecular formula is C15H11ClN6OS. The Morgan fingerprint density at radius 3 is 2.88 bits per heavy atom. The molecule has 4 rings (SSSR count). The smallest absolute Gasteiger partial charge is 0.253 e. The first-order valence-corrected chi connectivity index (χ1v) is 8.10. The molecule has 0 aliphatic rings. The van der Waals surface area contributed by atoms with E-state index in [4.69, 9.17) is 23.1 Å². The number of amides is 1. The number of hydrogen-bond acceptors (Lipinski definition) is 6. The van der Waals surface area contributed by atoms with Gasteiger partial charge in [-0.3, -0.25) is 9.36 Å². The van der Waals surface area contributed by atoms with Gasteiger partial charge in [-0.1, -0.05) is 17.7 Å². The van der Waals surface area contributed by atoms with Crippen molar-refractivity contribution in [1.82, 2.24) is 18.9 Å². The van der Waals surface area contributed by atoms with E-state index in [-0.39, 0.29) is 11.4 Å². The number of anilines is 1. The number of fused-ring (bicyclic) bond motifs is 2. The molecule has 0 aliphatic carbocycles. The summed E-state index contributed by atoms with van der Waals surface area (Å²) in [7, 11) is 0. The molecule has 1 amide bonds. The quantitative estimate of drug-likeness (QED) is 0.572. The van der Waals surface area contributed by atoms with Crippen LogP contribution in [-0.2, 0) is 0 Å². The van der Waals surface area contributed by atoms with Gasteiger partial charge in [0.25, 0.3) is 5.91 Å². The van der Waals surface area contributed by atoms with Crippen LogP contribution in [-0.4, -0.2) is 24.8 Å². The second-order valence-electron chi connectivity index (χ2n) is 5.25. The molecule has 120 valence electrons. The van der Waals surface area contributed by atoms with Gasteiger partial charge in [0.05, 0.1) is 26.4 Å². The van der Waals surface area contributed by atoms with Crippen LogP contribution in [0.1, 0.15) is 16.2 Å². The fourth-order valence-electron chi connectivity index (χ4n) is 2.76. The lowest BCUT2D eigenvalue weighted by Gasteiger charge is -2.11. The van der Waals surface area contributed by atoms with Gasteiger partial charge < -0.3 is 11.5 Å². The zero-order valence-corrected chi connectivity index (χ0v) is 14.0. The number of rotatable bonds is 2. The number of primary amides is 1. The molecule has 0 bridgehead atoms. The van der Waals surface area contributed by atoms with Gasteiger partial charge in [0.1, 0.15) is 11.6 Å². The molecule has 4 aromatic rings. The maximum absolute atomic E-state index is 11.9. The SMILES string of the molecule is Cc1ncc2c(C(N)=O)c(N)n(-c3c(Cl)ccc4cnsc34)c2n1. The molecule has 0 atom stereocenters. The summed E-state index contributed by atoms with van der Waals surface area (Å²) >= 11 is 7.73. The van der Waals surface area contributed by atoms with Gasteiger partial charge in [0.15, 0.2) is 5.65 Å². The van der Waals surface area contributed by atoms with E-state index in [0.29, 0.717) is 27.6 Å². The minimum atomic E-state index is -0.642. The van der Waals surface area contributed by atoms with E-state index in [1.165, 1.54) is 11.5 Å². The van der Waals surface area contributed by atoms with Crippen LogP contribution in [0.4, 0.5) is 5.82 Å². The van der Waals surface area contributed by atoms with Crippen LogP contribution in [0.3, 0.4) is 0 Å². The van der Waals surface area contributed by atoms with Crippen molar-refractivity contribution < 1.29 is 4.79 Å². The molecule has 3 aromatic heterocycles. The predicted octanol–water partition coefficient (Wildman–Crippen LogP) is 2.67. The van der Waals surface area contributed by atoms with Crippen LogP contribution in [0.5, 0.6) is 0 Å². The molecule has 0 saturated heterocycles. The minimum Gasteiger partial charge on any atom is -0.384 e. The van der Waals surface area contributed by atoms with E-state index in [1.807, 2.05) is 6.07 Å². The van der Waals surface area contributed by atoms with E-state index in [1.54, 1.807) is 30.0 Å². The average molecular weight is 359 g/mol. The Labute approximate surface area is 145 Å². The van der Waals surface area contributed by atoms with Crippen molar-refractivity contribution in [1.29, 1.82) is 0 Å². The number of aryl methyl sites for hydroxylation is 1. The highest BCUT2D eigenvalue weighted by Crippen LogP contribution is 2.38. The lowest BCUT2D eigenvalue weighted by molar-refractivity contribution is 0.100. The van der Waals surface area contributed by atoms with Gasteiger partial charge in [0.2, 0.25) is 0 Å². The van der Waals surface area contributed by atoms with Crippen molar-refractivity contribution in [3.63, 3.8) is 0 Å². The number of benzene rings is 1. The van der Waals surface area contributed by atoms with Gasteiger partial charge in [-0.05, 0) is 24.5 Å². The summed E-state index contributed by atoms with van der Waals surface area (Å²) in [6.45, 7) is 1.76. The zero-order valence-electron chi connectivity index (χ0n) is 12.4. The highest BCUT2D eigenvalue weighted by atomic mass is 35.5. The lowest BCUT2D eigenvalue weighted by atomic mass is 10.2. The molecule has 1 aromatic carbocycles. The van der Waals surface area contributed by atoms with Gasteiger partial charge in [-0.15, -0.1) is 0 Å². The van der Waals surface area contributed by atoms with Gasteiger partial charge in [-0.25, -0.2) is 9.97 Å². The van der Waals surface area contributed by atoms with Crippen LogP contribution in [0.2, 0.25) is 5.02 Å². The zero-order chi connectivity index (χ0) is 17.0. The number of nitrogens with zero attached hydrogens (tertiary/aromatic N) is 4. The highest BCUT2D eigenvalue weighted by molar-refractivity contribution is 7.13. The van der Waals surface area contributed by atoms with Gasteiger partial charge in [0, 0.05) is 17.8 Å². The standard InChI is InChI=1S/C15H11ClN6OS/c1-6-19-5-8-10(14(18)23)13(17)22(15(8)21-6)11-9(16)3-2-7-4-20-24-12(7)11/h2-5H,17H2,1H3,(H2,18,23). The van der Waals surface area contributed by atoms with E-state index >= 15 is 0 Å². The number of nitrogen functional groups attached to an aromatic ring is 1. The molecule has 0 fully saturated rings. The third-order valence-electron chi connectivity index (χ3n) is 3.79. The first kappa shape index (κ1) is 14.9. The van der Waals surface area contributed by atoms with Crippen LogP contribution in [0.15, 0.2) is 24.5 Å². The monoisotopic (exact) mass is 358 g/mol. The summed E-state index contributed by atoms with van der Waals surface area (Å²) in [5.74, 6) is 0.0846. The Hall–Kier alpha value is -2.71. The van der Waals surface area contributed by atoms with Crippen molar-refractivity contribution in [2.75, 3.05) is 5.73 Å². The first-order chi connectivity index (χ1) is 11.5. The van der Waals surface area contributed by atoms with Crippen LogP contribution in [0, 0.1) is 6.92 Å². The molecule has 3 heterocycles. The fourth-order valence-corrected chi connectivity index (χ4v) is 3.84. The van der Waals surface area contributed by atoms with Crippen LogP contribution >= 0.6 is 23.1 Å². The third kappa shape index (κ3) is 1.97. The van der Waals surface area contributed by atoms with Crippen molar-refractivity contribution in [2.24, 2.45) is 5.73 Å². The number of halogens is 1. The maximum atomic E-state index is 11.9. The molecule has 7 nitrogen and oxygen atoms in total. The van der Waals surface area contributed by atoms with E-state index in [0.717, 1.165) is 10.1 Å². The fraction of sp³-hybridized carbons (Fsp3) is 0.0667. The average Bonchev–Trinajstić information content (AvgIpc) is 3.10. The second-order valence-corrected chi connectivity index (χ2v) is 6.46. The van der Waals surface area contributed by atoms with Crippen molar-refractivity contribution >= 4 is 56.0 Å². The molecule has 24 heavy (non-hydrogen) atoms. The van der Waals surface area contributed by atoms with E-state index in [2.05, 4.69) is 14.3 Å². The Morgan fingerprint density at radius 2 is 2.12 bits per heavy atom. The van der Waals surface area contributed by atoms with Crippen molar-refractivity contribution in [2.45, 2.75) is 6.92 Å². The Kier molecular flexibility index (Phi) is 3.19. The Bertz CT molecular complexity index is 1130. The second kappa shape index (κ2) is 5.15. The molecule has 0 aliphatic heterocycles. The first-order valence-electron chi connectivity index (χ1n) is 6.95. The van der Waals surface area contributed by atoms with E-state index < -0.39 is 5.91 Å². The summed E-state index contributed by atoms with van der Waals surface area (Å²) in [6, 6.07) is 3.64. The molecule has 9 heteroatoms. The largest absolute Gasteiger partial charge is 0.384 e. The summed E-state index contributed by atoms with van der Waals surface area (Å²) < 4.78 is 6.69. The molecule has 0 unspecified atom stereocenters. The normalized spacial score (nSPS) is 11.4.